The first kappa shape index (κ1) is 11.2. The Bertz CT molecular complexity index is 363. The summed E-state index contributed by atoms with van der Waals surface area (Å²) < 4.78 is 13.1. The first-order valence-corrected chi connectivity index (χ1v) is 4.63. The largest absolute Gasteiger partial charge is 0.334 e. The van der Waals surface area contributed by atoms with Gasteiger partial charge in [-0.15, -0.1) is 0 Å². The first-order valence-electron chi connectivity index (χ1n) is 4.63. The van der Waals surface area contributed by atoms with Crippen LogP contribution in [0.1, 0.15) is 12.5 Å². The summed E-state index contributed by atoms with van der Waals surface area (Å²) in [5.74, 6) is -0.316. The first-order chi connectivity index (χ1) is 7.24. The van der Waals surface area contributed by atoms with E-state index in [-0.39, 0.29) is 18.4 Å². The van der Waals surface area contributed by atoms with Crippen molar-refractivity contribution >= 4 is 6.03 Å². The highest BCUT2D eigenvalue weighted by Gasteiger charge is 2.01. The minimum Gasteiger partial charge on any atom is -0.334 e. The Morgan fingerprint density at radius 2 is 2.20 bits per heavy atom. The Labute approximate surface area is 88.0 Å². The zero-order valence-electron chi connectivity index (χ0n) is 8.46. The normalized spacial score (nSPS) is 10.3. The third-order valence-electron chi connectivity index (χ3n) is 1.78. The number of hydrogen-bond donors (Lipinski definition) is 2. The summed E-state index contributed by atoms with van der Waals surface area (Å²) in [5, 5.41) is 5.00. The minimum atomic E-state index is -0.351. The van der Waals surface area contributed by atoms with Gasteiger partial charge in [0.1, 0.15) is 5.82 Å². The molecular formula is C11H13FN2O. The van der Waals surface area contributed by atoms with E-state index in [4.69, 9.17) is 0 Å². The predicted octanol–water partition coefficient (Wildman–Crippen LogP) is 2.16. The third kappa shape index (κ3) is 3.81. The van der Waals surface area contributed by atoms with E-state index in [0.717, 1.165) is 0 Å². The van der Waals surface area contributed by atoms with Gasteiger partial charge in [-0.05, 0) is 13.0 Å². The number of nitrogens with one attached hydrogen (secondary N) is 2. The highest BCUT2D eigenvalue weighted by molar-refractivity contribution is 5.74. The van der Waals surface area contributed by atoms with Gasteiger partial charge in [0.2, 0.25) is 0 Å². The molecule has 0 unspecified atom stereocenters. The Morgan fingerprint density at radius 3 is 2.87 bits per heavy atom. The van der Waals surface area contributed by atoms with Gasteiger partial charge < -0.3 is 10.6 Å². The molecule has 2 amide bonds. The zero-order valence-corrected chi connectivity index (χ0v) is 8.46. The molecule has 1 aromatic rings. The van der Waals surface area contributed by atoms with Crippen molar-refractivity contribution < 1.29 is 9.18 Å². The standard InChI is InChI=1S/C11H13FN2O/c1-2-7-13-11(15)14-8-9-5-3-4-6-10(9)12/h2-7H,8H2,1H3,(H2,13,14,15)/b7-2+. The topological polar surface area (TPSA) is 41.1 Å². The van der Waals surface area contributed by atoms with Crippen molar-refractivity contribution in [1.29, 1.82) is 0 Å². The molecule has 0 aliphatic heterocycles. The van der Waals surface area contributed by atoms with Crippen molar-refractivity contribution in [2.75, 3.05) is 0 Å². The molecule has 1 rings (SSSR count). The summed E-state index contributed by atoms with van der Waals surface area (Å²) in [4.78, 5) is 11.1. The van der Waals surface area contributed by atoms with Gasteiger partial charge >= 0.3 is 6.03 Å². The average molecular weight is 208 g/mol. The fourth-order valence-electron chi connectivity index (χ4n) is 1.03. The van der Waals surface area contributed by atoms with Crippen LogP contribution in [0.25, 0.3) is 0 Å². The number of allylic oxidation sites excluding steroid dienone is 1. The average Bonchev–Trinajstić information content (AvgIpc) is 2.25. The lowest BCUT2D eigenvalue weighted by atomic mass is 10.2. The molecule has 0 radical (unpaired) electrons. The molecule has 0 spiro atoms. The van der Waals surface area contributed by atoms with Crippen molar-refractivity contribution in [2.24, 2.45) is 0 Å². The second kappa shape index (κ2) is 5.80. The molecule has 0 saturated heterocycles. The highest BCUT2D eigenvalue weighted by Crippen LogP contribution is 2.04. The molecule has 15 heavy (non-hydrogen) atoms. The van der Waals surface area contributed by atoms with Gasteiger partial charge in [-0.3, -0.25) is 0 Å². The molecular weight excluding hydrogens is 195 g/mol. The van der Waals surface area contributed by atoms with E-state index < -0.39 is 0 Å². The van der Waals surface area contributed by atoms with Gasteiger partial charge in [-0.25, -0.2) is 9.18 Å². The van der Waals surface area contributed by atoms with E-state index in [1.807, 2.05) is 0 Å². The number of carbonyl (C=O) groups excluding carboxylic acids is 1. The van der Waals surface area contributed by atoms with Crippen LogP contribution in [-0.2, 0) is 6.54 Å². The maximum atomic E-state index is 13.1. The van der Waals surface area contributed by atoms with Crippen LogP contribution in [-0.4, -0.2) is 6.03 Å². The van der Waals surface area contributed by atoms with Crippen LogP contribution < -0.4 is 10.6 Å². The maximum absolute atomic E-state index is 13.1. The number of amides is 2. The van der Waals surface area contributed by atoms with E-state index in [0.29, 0.717) is 5.56 Å². The number of carbonyl (C=O) groups is 1. The lowest BCUT2D eigenvalue weighted by Gasteiger charge is -2.05. The highest BCUT2D eigenvalue weighted by atomic mass is 19.1. The van der Waals surface area contributed by atoms with Gasteiger partial charge in [0, 0.05) is 18.3 Å². The van der Waals surface area contributed by atoms with Gasteiger partial charge in [0.15, 0.2) is 0 Å². The Morgan fingerprint density at radius 1 is 1.47 bits per heavy atom. The van der Waals surface area contributed by atoms with Gasteiger partial charge in [-0.2, -0.15) is 0 Å². The summed E-state index contributed by atoms with van der Waals surface area (Å²) in [6, 6.07) is 5.98. The van der Waals surface area contributed by atoms with Crippen LogP contribution in [0.5, 0.6) is 0 Å². The Kier molecular flexibility index (Phi) is 4.34. The molecule has 0 heterocycles. The lowest BCUT2D eigenvalue weighted by molar-refractivity contribution is 0.243. The van der Waals surface area contributed by atoms with Crippen LogP contribution in [0, 0.1) is 5.82 Å². The summed E-state index contributed by atoms with van der Waals surface area (Å²) in [7, 11) is 0. The van der Waals surface area contributed by atoms with Crippen molar-refractivity contribution in [2.45, 2.75) is 13.5 Å². The van der Waals surface area contributed by atoms with E-state index >= 15 is 0 Å². The number of hydrogen-bond acceptors (Lipinski definition) is 1. The van der Waals surface area contributed by atoms with Gasteiger partial charge in [0.05, 0.1) is 0 Å². The summed E-state index contributed by atoms with van der Waals surface area (Å²) in [5.41, 5.74) is 0.466. The molecule has 80 valence electrons. The smallest absolute Gasteiger partial charge is 0.319 e. The van der Waals surface area contributed by atoms with Crippen LogP contribution in [0.4, 0.5) is 9.18 Å². The third-order valence-corrected chi connectivity index (χ3v) is 1.78. The van der Waals surface area contributed by atoms with Crippen molar-refractivity contribution in [1.82, 2.24) is 10.6 Å². The van der Waals surface area contributed by atoms with Crippen LogP contribution >= 0.6 is 0 Å². The molecule has 1 aromatic carbocycles. The van der Waals surface area contributed by atoms with Crippen LogP contribution in [0.3, 0.4) is 0 Å². The molecule has 0 aliphatic rings. The predicted molar refractivity (Wildman–Crippen MR) is 56.6 cm³/mol. The number of urea groups is 1. The second-order valence-corrected chi connectivity index (χ2v) is 2.92. The van der Waals surface area contributed by atoms with Crippen molar-refractivity contribution in [3.8, 4) is 0 Å². The van der Waals surface area contributed by atoms with E-state index in [9.17, 15) is 9.18 Å². The van der Waals surface area contributed by atoms with Crippen LogP contribution in [0.2, 0.25) is 0 Å². The van der Waals surface area contributed by atoms with E-state index in [2.05, 4.69) is 10.6 Å². The zero-order chi connectivity index (χ0) is 11.1. The quantitative estimate of drug-likeness (QED) is 0.785. The van der Waals surface area contributed by atoms with Gasteiger partial charge in [0.25, 0.3) is 0 Å². The monoisotopic (exact) mass is 208 g/mol. The Hall–Kier alpha value is -1.84. The summed E-state index contributed by atoms with van der Waals surface area (Å²) >= 11 is 0. The molecule has 0 aromatic heterocycles. The number of rotatable bonds is 3. The minimum absolute atomic E-state index is 0.177. The molecule has 0 aliphatic carbocycles. The molecule has 3 nitrogen and oxygen atoms in total. The fraction of sp³-hybridized carbons (Fsp3) is 0.182. The summed E-state index contributed by atoms with van der Waals surface area (Å²) in [6.07, 6.45) is 3.21. The Balaban J connectivity index is 2.44. The fourth-order valence-corrected chi connectivity index (χ4v) is 1.03. The molecule has 0 bridgehead atoms. The SMILES string of the molecule is C/C=C/NC(=O)NCc1ccccc1F. The molecule has 0 atom stereocenters. The van der Waals surface area contributed by atoms with Gasteiger partial charge in [-0.1, -0.05) is 24.3 Å². The second-order valence-electron chi connectivity index (χ2n) is 2.92. The van der Waals surface area contributed by atoms with Crippen molar-refractivity contribution in [3.05, 3.63) is 47.9 Å². The molecule has 4 heteroatoms. The van der Waals surface area contributed by atoms with E-state index in [1.165, 1.54) is 12.3 Å². The summed E-state index contributed by atoms with van der Waals surface area (Å²) in [6.45, 7) is 1.97. The molecule has 0 saturated carbocycles. The molecule has 0 fully saturated rings. The number of benzene rings is 1. The lowest BCUT2D eigenvalue weighted by Crippen LogP contribution is -2.31. The maximum Gasteiger partial charge on any atom is 0.319 e. The van der Waals surface area contributed by atoms with E-state index in [1.54, 1.807) is 31.2 Å². The molecule has 2 N–H and O–H groups in total. The number of halogens is 1. The van der Waals surface area contributed by atoms with Crippen LogP contribution in [0.15, 0.2) is 36.5 Å². The van der Waals surface area contributed by atoms with Crippen molar-refractivity contribution in [3.63, 3.8) is 0 Å².